The fourth-order valence-electron chi connectivity index (χ4n) is 2.91. The predicted octanol–water partition coefficient (Wildman–Crippen LogP) is 1.27. The van der Waals surface area contributed by atoms with Crippen LogP contribution in [0.2, 0.25) is 0 Å². The van der Waals surface area contributed by atoms with Crippen LogP contribution in [0.3, 0.4) is 0 Å². The zero-order valence-electron chi connectivity index (χ0n) is 10.9. The molecule has 5 nitrogen and oxygen atoms in total. The van der Waals surface area contributed by atoms with Crippen molar-refractivity contribution in [3.63, 3.8) is 0 Å². The summed E-state index contributed by atoms with van der Waals surface area (Å²) in [5.74, 6) is 0. The summed E-state index contributed by atoms with van der Waals surface area (Å²) in [4.78, 5) is 0. The van der Waals surface area contributed by atoms with Crippen molar-refractivity contribution in [2.75, 3.05) is 13.2 Å². The van der Waals surface area contributed by atoms with E-state index in [0.29, 0.717) is 6.10 Å². The van der Waals surface area contributed by atoms with Gasteiger partial charge in [0.25, 0.3) is 0 Å². The van der Waals surface area contributed by atoms with Gasteiger partial charge in [-0.05, 0) is 12.8 Å². The fourth-order valence-corrected chi connectivity index (χ4v) is 2.91. The number of rotatable bonds is 4. The van der Waals surface area contributed by atoms with Crippen molar-refractivity contribution in [3.05, 3.63) is 11.4 Å². The molecule has 1 saturated carbocycles. The van der Waals surface area contributed by atoms with Gasteiger partial charge in [-0.1, -0.05) is 24.5 Å². The second-order valence-corrected chi connectivity index (χ2v) is 5.26. The molecule has 0 atom stereocenters. The minimum absolute atomic E-state index is 0.486. The molecule has 1 N–H and O–H groups in total. The first-order valence-electron chi connectivity index (χ1n) is 7.17. The van der Waals surface area contributed by atoms with Crippen molar-refractivity contribution < 1.29 is 4.74 Å². The third-order valence-electron chi connectivity index (χ3n) is 3.96. The predicted molar refractivity (Wildman–Crippen MR) is 68.3 cm³/mol. The molecule has 1 fully saturated rings. The van der Waals surface area contributed by atoms with E-state index in [1.54, 1.807) is 0 Å². The highest BCUT2D eigenvalue weighted by Gasteiger charge is 2.17. The molecule has 5 heteroatoms. The first-order valence-corrected chi connectivity index (χ1v) is 7.17. The van der Waals surface area contributed by atoms with E-state index >= 15 is 0 Å². The largest absolute Gasteiger partial charge is 0.376 e. The lowest BCUT2D eigenvalue weighted by atomic mass is 9.98. The van der Waals surface area contributed by atoms with Gasteiger partial charge in [0.15, 0.2) is 0 Å². The summed E-state index contributed by atoms with van der Waals surface area (Å²) >= 11 is 0. The number of fused-ring (bicyclic) bond motifs is 1. The minimum atomic E-state index is 0.486. The second kappa shape index (κ2) is 5.80. The van der Waals surface area contributed by atoms with E-state index in [-0.39, 0.29) is 0 Å². The van der Waals surface area contributed by atoms with E-state index in [1.165, 1.54) is 37.8 Å². The molecule has 1 aromatic heterocycles. The van der Waals surface area contributed by atoms with Crippen LogP contribution in [-0.2, 0) is 24.2 Å². The molecule has 100 valence electrons. The molecule has 0 spiro atoms. The summed E-state index contributed by atoms with van der Waals surface area (Å²) in [6.45, 7) is 3.51. The van der Waals surface area contributed by atoms with Crippen molar-refractivity contribution in [1.82, 2.24) is 20.3 Å². The third kappa shape index (κ3) is 2.72. The van der Waals surface area contributed by atoms with E-state index in [2.05, 4.69) is 15.6 Å². The maximum Gasteiger partial charge on any atom is 0.0997 e. The summed E-state index contributed by atoms with van der Waals surface area (Å²) < 4.78 is 7.97. The van der Waals surface area contributed by atoms with Gasteiger partial charge in [-0.3, -0.25) is 0 Å². The molecule has 18 heavy (non-hydrogen) atoms. The van der Waals surface area contributed by atoms with Gasteiger partial charge < -0.3 is 10.1 Å². The summed E-state index contributed by atoms with van der Waals surface area (Å²) in [5.41, 5.74) is 2.40. The normalized spacial score (nSPS) is 20.9. The molecule has 1 aliphatic carbocycles. The summed E-state index contributed by atoms with van der Waals surface area (Å²) in [5, 5.41) is 11.8. The van der Waals surface area contributed by atoms with Gasteiger partial charge in [0.2, 0.25) is 0 Å². The zero-order chi connectivity index (χ0) is 12.2. The molecular weight excluding hydrogens is 228 g/mol. The SMILES string of the molecule is C1CCC(OCCn2nnc3c2CCNC3)CC1. The van der Waals surface area contributed by atoms with Crippen LogP contribution in [0.1, 0.15) is 43.5 Å². The van der Waals surface area contributed by atoms with Gasteiger partial charge in [0, 0.05) is 19.5 Å². The van der Waals surface area contributed by atoms with E-state index < -0.39 is 0 Å². The van der Waals surface area contributed by atoms with E-state index in [1.807, 2.05) is 4.68 Å². The van der Waals surface area contributed by atoms with Gasteiger partial charge >= 0.3 is 0 Å². The maximum atomic E-state index is 5.94. The molecule has 3 rings (SSSR count). The molecule has 0 saturated heterocycles. The van der Waals surface area contributed by atoms with Gasteiger partial charge in [0.05, 0.1) is 30.6 Å². The quantitative estimate of drug-likeness (QED) is 0.874. The van der Waals surface area contributed by atoms with Gasteiger partial charge in [0.1, 0.15) is 0 Å². The molecule has 0 unspecified atom stereocenters. The van der Waals surface area contributed by atoms with Crippen LogP contribution in [0.4, 0.5) is 0 Å². The van der Waals surface area contributed by atoms with Crippen LogP contribution in [0, 0.1) is 0 Å². The highest BCUT2D eigenvalue weighted by molar-refractivity contribution is 5.13. The highest BCUT2D eigenvalue weighted by atomic mass is 16.5. The Bertz CT molecular complexity index is 384. The van der Waals surface area contributed by atoms with E-state index in [9.17, 15) is 0 Å². The van der Waals surface area contributed by atoms with Crippen LogP contribution in [0.25, 0.3) is 0 Å². The Hall–Kier alpha value is -0.940. The zero-order valence-corrected chi connectivity index (χ0v) is 10.9. The molecular formula is C13H22N4O. The molecule has 0 aromatic carbocycles. The number of ether oxygens (including phenoxy) is 1. The van der Waals surface area contributed by atoms with Crippen molar-refractivity contribution in [2.24, 2.45) is 0 Å². The van der Waals surface area contributed by atoms with Crippen LogP contribution in [-0.4, -0.2) is 34.2 Å². The first kappa shape index (κ1) is 12.1. The average Bonchev–Trinajstić information content (AvgIpc) is 2.84. The highest BCUT2D eigenvalue weighted by Crippen LogP contribution is 2.20. The number of aromatic nitrogens is 3. The van der Waals surface area contributed by atoms with Crippen molar-refractivity contribution in [1.29, 1.82) is 0 Å². The Kier molecular flexibility index (Phi) is 3.90. The second-order valence-electron chi connectivity index (χ2n) is 5.26. The maximum absolute atomic E-state index is 5.94. The summed E-state index contributed by atoms with van der Waals surface area (Å²) in [6.07, 6.45) is 8.03. The first-order chi connectivity index (χ1) is 8.93. The molecule has 2 heterocycles. The Balaban J connectivity index is 1.49. The molecule has 0 amide bonds. The standard InChI is InChI=1S/C13H22N4O/c1-2-4-11(5-3-1)18-9-8-17-13-6-7-14-10-12(13)15-16-17/h11,14H,1-10H2. The smallest absolute Gasteiger partial charge is 0.0997 e. The monoisotopic (exact) mass is 250 g/mol. The van der Waals surface area contributed by atoms with Gasteiger partial charge in [-0.2, -0.15) is 0 Å². The van der Waals surface area contributed by atoms with E-state index in [0.717, 1.165) is 38.4 Å². The number of nitrogens with zero attached hydrogens (tertiary/aromatic N) is 3. The number of hydrogen-bond donors (Lipinski definition) is 1. The van der Waals surface area contributed by atoms with Crippen molar-refractivity contribution in [3.8, 4) is 0 Å². The van der Waals surface area contributed by atoms with Gasteiger partial charge in [-0.15, -0.1) is 5.10 Å². The molecule has 1 aliphatic heterocycles. The average molecular weight is 250 g/mol. The van der Waals surface area contributed by atoms with Gasteiger partial charge in [-0.25, -0.2) is 4.68 Å². The molecule has 0 bridgehead atoms. The van der Waals surface area contributed by atoms with Crippen molar-refractivity contribution >= 4 is 0 Å². The number of nitrogens with one attached hydrogen (secondary N) is 1. The van der Waals surface area contributed by atoms with Crippen molar-refractivity contribution in [2.45, 2.75) is 57.7 Å². The Labute approximate surface area is 108 Å². The summed E-state index contributed by atoms with van der Waals surface area (Å²) in [6, 6.07) is 0. The number of hydrogen-bond acceptors (Lipinski definition) is 4. The lowest BCUT2D eigenvalue weighted by Crippen LogP contribution is -2.26. The van der Waals surface area contributed by atoms with Crippen LogP contribution in [0.5, 0.6) is 0 Å². The van der Waals surface area contributed by atoms with E-state index in [4.69, 9.17) is 4.74 Å². The van der Waals surface area contributed by atoms with Crippen LogP contribution >= 0.6 is 0 Å². The topological polar surface area (TPSA) is 52.0 Å². The van der Waals surface area contributed by atoms with Crippen LogP contribution < -0.4 is 5.32 Å². The third-order valence-corrected chi connectivity index (χ3v) is 3.96. The summed E-state index contributed by atoms with van der Waals surface area (Å²) in [7, 11) is 0. The Morgan fingerprint density at radius 3 is 3.06 bits per heavy atom. The molecule has 1 aromatic rings. The molecule has 0 radical (unpaired) electrons. The molecule has 2 aliphatic rings. The van der Waals surface area contributed by atoms with Crippen LogP contribution in [0.15, 0.2) is 0 Å². The Morgan fingerprint density at radius 2 is 2.17 bits per heavy atom. The lowest BCUT2D eigenvalue weighted by molar-refractivity contribution is 0.0224. The fraction of sp³-hybridized carbons (Fsp3) is 0.846. The minimum Gasteiger partial charge on any atom is -0.376 e. The lowest BCUT2D eigenvalue weighted by Gasteiger charge is -2.22. The Morgan fingerprint density at radius 1 is 1.28 bits per heavy atom.